The fourth-order valence-corrected chi connectivity index (χ4v) is 5.13. The Kier molecular flexibility index (Phi) is 7.36. The van der Waals surface area contributed by atoms with Gasteiger partial charge < -0.3 is 9.80 Å². The largest absolute Gasteiger partial charge is 0.419 e. The number of anilines is 1. The van der Waals surface area contributed by atoms with Crippen LogP contribution in [0.2, 0.25) is 0 Å². The molecule has 1 amide bonds. The monoisotopic (exact) mass is 530 g/mol. The summed E-state index contributed by atoms with van der Waals surface area (Å²) in [6, 6.07) is 0. The van der Waals surface area contributed by atoms with Gasteiger partial charge in [0.25, 0.3) is 5.56 Å². The number of likely N-dealkylation sites (tertiary alicyclic amines) is 1. The van der Waals surface area contributed by atoms with Gasteiger partial charge in [-0.1, -0.05) is 5.92 Å². The van der Waals surface area contributed by atoms with E-state index in [1.54, 1.807) is 9.80 Å². The molecule has 202 valence electrons. The third kappa shape index (κ3) is 5.51. The maximum absolute atomic E-state index is 13.0. The predicted octanol–water partition coefficient (Wildman–Crippen LogP) is 0.741. The second-order valence-corrected chi connectivity index (χ2v) is 9.82. The van der Waals surface area contributed by atoms with E-state index in [-0.39, 0.29) is 23.3 Å². The van der Waals surface area contributed by atoms with Crippen LogP contribution in [0, 0.1) is 17.8 Å². The highest BCUT2D eigenvalue weighted by Crippen LogP contribution is 2.29. The normalized spacial score (nSPS) is 18.9. The highest BCUT2D eigenvalue weighted by Gasteiger charge is 2.37. The van der Waals surface area contributed by atoms with Crippen LogP contribution in [0.1, 0.15) is 29.3 Å². The van der Waals surface area contributed by atoms with Gasteiger partial charge in [0.05, 0.1) is 23.7 Å². The zero-order valence-corrected chi connectivity index (χ0v) is 21.1. The van der Waals surface area contributed by atoms with Gasteiger partial charge in [0.2, 0.25) is 11.9 Å². The summed E-state index contributed by atoms with van der Waals surface area (Å²) < 4.78 is 38.2. The van der Waals surface area contributed by atoms with Crippen LogP contribution in [0.25, 0.3) is 0 Å². The molecule has 0 saturated carbocycles. The topological polar surface area (TPSA) is 102 Å². The summed E-state index contributed by atoms with van der Waals surface area (Å²) in [4.78, 5) is 41.0. The highest BCUT2D eigenvalue weighted by molar-refractivity contribution is 5.80. The average molecular weight is 531 g/mol. The smallest absolute Gasteiger partial charge is 0.339 e. The summed E-state index contributed by atoms with van der Waals surface area (Å²) in [6.07, 6.45) is -2.24. The molecule has 10 nitrogen and oxygen atoms in total. The number of rotatable bonds is 5. The molecule has 2 aromatic rings. The number of piperazine rings is 1. The molecule has 2 saturated heterocycles. The standard InChI is InChI=1S/C25H29F3N8O2/c1-2-3-5-33-6-4-19-20(15-33)21(31-32-22(19)37)16-34-13-17(14-34)23(38)35-7-9-36(10-8-35)24-29-11-18(12-30-24)25(26,27)28/h11-12,17H,4-10,13-16H2,1H3,(H,32,37). The number of amides is 1. The van der Waals surface area contributed by atoms with Crippen molar-refractivity contribution in [1.29, 1.82) is 0 Å². The van der Waals surface area contributed by atoms with E-state index in [1.807, 2.05) is 6.92 Å². The fourth-order valence-electron chi connectivity index (χ4n) is 5.13. The lowest BCUT2D eigenvalue weighted by molar-refractivity contribution is -0.142. The van der Waals surface area contributed by atoms with Crippen molar-refractivity contribution in [3.63, 3.8) is 0 Å². The van der Waals surface area contributed by atoms with Crippen molar-refractivity contribution in [3.8, 4) is 11.8 Å². The third-order valence-electron chi connectivity index (χ3n) is 7.34. The van der Waals surface area contributed by atoms with Crippen LogP contribution in [0.3, 0.4) is 0 Å². The van der Waals surface area contributed by atoms with E-state index in [1.165, 1.54) is 0 Å². The minimum Gasteiger partial charge on any atom is -0.339 e. The van der Waals surface area contributed by atoms with Crippen LogP contribution in [0.5, 0.6) is 0 Å². The Labute approximate surface area is 217 Å². The van der Waals surface area contributed by atoms with E-state index in [9.17, 15) is 22.8 Å². The number of carbonyl (C=O) groups excluding carboxylic acids is 1. The Morgan fingerprint density at radius 1 is 1.08 bits per heavy atom. The number of H-pyrrole nitrogens is 1. The molecule has 38 heavy (non-hydrogen) atoms. The number of halogens is 3. The van der Waals surface area contributed by atoms with E-state index in [0.29, 0.717) is 65.3 Å². The number of carbonyl (C=O) groups is 1. The summed E-state index contributed by atoms with van der Waals surface area (Å²) >= 11 is 0. The van der Waals surface area contributed by atoms with E-state index in [0.717, 1.165) is 35.8 Å². The van der Waals surface area contributed by atoms with Gasteiger partial charge in [-0.15, -0.1) is 5.92 Å². The number of hydrogen-bond acceptors (Lipinski definition) is 8. The lowest BCUT2D eigenvalue weighted by Crippen LogP contribution is -2.57. The van der Waals surface area contributed by atoms with Gasteiger partial charge in [-0.25, -0.2) is 15.1 Å². The van der Waals surface area contributed by atoms with E-state index < -0.39 is 11.7 Å². The zero-order valence-electron chi connectivity index (χ0n) is 21.1. The summed E-state index contributed by atoms with van der Waals surface area (Å²) in [5.74, 6) is 6.19. The van der Waals surface area contributed by atoms with Crippen molar-refractivity contribution in [1.82, 2.24) is 34.9 Å². The molecular formula is C25H29F3N8O2. The summed E-state index contributed by atoms with van der Waals surface area (Å²) in [7, 11) is 0. The van der Waals surface area contributed by atoms with Gasteiger partial charge in [-0.05, 0) is 18.9 Å². The number of fused-ring (bicyclic) bond motifs is 1. The lowest BCUT2D eigenvalue weighted by atomic mass is 9.95. The minimum absolute atomic E-state index is 0.0787. The van der Waals surface area contributed by atoms with Crippen LogP contribution in [-0.4, -0.2) is 93.1 Å². The number of nitrogens with one attached hydrogen (secondary N) is 1. The van der Waals surface area contributed by atoms with E-state index in [2.05, 4.69) is 41.8 Å². The number of aromatic amines is 1. The number of aromatic nitrogens is 4. The van der Waals surface area contributed by atoms with Gasteiger partial charge in [-0.3, -0.25) is 19.4 Å². The minimum atomic E-state index is -4.47. The first-order valence-electron chi connectivity index (χ1n) is 12.6. The molecule has 13 heteroatoms. The van der Waals surface area contributed by atoms with Gasteiger partial charge in [0, 0.05) is 76.9 Å². The molecule has 0 aromatic carbocycles. The van der Waals surface area contributed by atoms with Crippen LogP contribution in [0.4, 0.5) is 19.1 Å². The molecule has 1 N–H and O–H groups in total. The third-order valence-corrected chi connectivity index (χ3v) is 7.34. The van der Waals surface area contributed by atoms with Gasteiger partial charge in [0.1, 0.15) is 0 Å². The predicted molar refractivity (Wildman–Crippen MR) is 132 cm³/mol. The molecule has 0 atom stereocenters. The molecule has 0 spiro atoms. The summed E-state index contributed by atoms with van der Waals surface area (Å²) in [5, 5.41) is 6.96. The lowest BCUT2D eigenvalue weighted by Gasteiger charge is -2.43. The number of nitrogens with zero attached hydrogens (tertiary/aromatic N) is 7. The van der Waals surface area contributed by atoms with Crippen molar-refractivity contribution < 1.29 is 18.0 Å². The van der Waals surface area contributed by atoms with Gasteiger partial charge in [0.15, 0.2) is 0 Å². The van der Waals surface area contributed by atoms with Crippen molar-refractivity contribution in [3.05, 3.63) is 45.1 Å². The SMILES string of the molecule is CC#CCN1CCc2c(c(CN3CC(C(=O)N4CCN(c5ncc(C(F)(F)F)cn5)CC4)C3)n[nH]c2=O)C1. The highest BCUT2D eigenvalue weighted by atomic mass is 19.4. The first kappa shape index (κ1) is 26.1. The van der Waals surface area contributed by atoms with Crippen molar-refractivity contribution in [2.24, 2.45) is 5.92 Å². The molecule has 3 aliphatic rings. The van der Waals surface area contributed by atoms with Crippen LogP contribution < -0.4 is 10.5 Å². The van der Waals surface area contributed by atoms with E-state index in [4.69, 9.17) is 0 Å². The average Bonchev–Trinajstić information content (AvgIpc) is 2.89. The maximum Gasteiger partial charge on any atom is 0.419 e. The molecule has 5 heterocycles. The van der Waals surface area contributed by atoms with Crippen LogP contribution in [0.15, 0.2) is 17.2 Å². The molecule has 2 aromatic heterocycles. The molecule has 5 rings (SSSR count). The molecule has 3 aliphatic heterocycles. The van der Waals surface area contributed by atoms with Crippen LogP contribution >= 0.6 is 0 Å². The molecule has 0 unspecified atom stereocenters. The Morgan fingerprint density at radius 3 is 2.45 bits per heavy atom. The maximum atomic E-state index is 13.0. The first-order valence-corrected chi connectivity index (χ1v) is 12.6. The van der Waals surface area contributed by atoms with Crippen LogP contribution in [-0.2, 0) is 30.5 Å². The second kappa shape index (κ2) is 10.7. The quantitative estimate of drug-likeness (QED) is 0.565. The molecule has 0 aliphatic carbocycles. The van der Waals surface area contributed by atoms with Crippen molar-refractivity contribution in [2.45, 2.75) is 32.6 Å². The molecule has 0 bridgehead atoms. The summed E-state index contributed by atoms with van der Waals surface area (Å²) in [6.45, 7) is 7.52. The Hall–Kier alpha value is -3.50. The summed E-state index contributed by atoms with van der Waals surface area (Å²) in [5.41, 5.74) is 1.57. The molecule has 2 fully saturated rings. The number of hydrogen-bond donors (Lipinski definition) is 1. The van der Waals surface area contributed by atoms with Crippen molar-refractivity contribution >= 4 is 11.9 Å². The van der Waals surface area contributed by atoms with Crippen molar-refractivity contribution in [2.75, 3.05) is 57.3 Å². The zero-order chi connectivity index (χ0) is 26.9. The molecular weight excluding hydrogens is 501 g/mol. The van der Waals surface area contributed by atoms with Gasteiger partial charge >= 0.3 is 6.18 Å². The van der Waals surface area contributed by atoms with E-state index >= 15 is 0 Å². The number of alkyl halides is 3. The Balaban J connectivity index is 1.12. The fraction of sp³-hybridized carbons (Fsp3) is 0.560. The second-order valence-electron chi connectivity index (χ2n) is 9.82. The molecule has 0 radical (unpaired) electrons. The Morgan fingerprint density at radius 2 is 1.79 bits per heavy atom. The first-order chi connectivity index (χ1) is 18.2. The van der Waals surface area contributed by atoms with Gasteiger partial charge in [-0.2, -0.15) is 18.3 Å². The Bertz CT molecular complexity index is 1290.